The molecule has 0 radical (unpaired) electrons. The molecule has 0 saturated carbocycles. The number of aromatic nitrogens is 3. The number of alkyl halides is 1. The first kappa shape index (κ1) is 44.4. The van der Waals surface area contributed by atoms with Gasteiger partial charge in [-0.25, -0.2) is 32.9 Å². The predicted molar refractivity (Wildman–Crippen MR) is 234 cm³/mol. The number of anilines is 1. The first-order valence-electron chi connectivity index (χ1n) is 21.5. The number of halogens is 3. The lowest BCUT2D eigenvalue weighted by Gasteiger charge is -2.38. The summed E-state index contributed by atoms with van der Waals surface area (Å²) in [5, 5.41) is 4.22. The summed E-state index contributed by atoms with van der Waals surface area (Å²) in [5.41, 5.74) is 3.27. The number of nitrogens with zero attached hydrogens (tertiary/aromatic N) is 6. The molecule has 5 heterocycles. The second-order valence-electron chi connectivity index (χ2n) is 18.6. The van der Waals surface area contributed by atoms with Crippen LogP contribution < -0.4 is 14.5 Å². The van der Waals surface area contributed by atoms with Gasteiger partial charge in [-0.2, -0.15) is 4.98 Å². The van der Waals surface area contributed by atoms with Gasteiger partial charge in [0.1, 0.15) is 49.2 Å². The number of carbonyl (C=O) groups is 1. The van der Waals surface area contributed by atoms with Gasteiger partial charge in [0.15, 0.2) is 18.4 Å². The fourth-order valence-corrected chi connectivity index (χ4v) is 15.2. The largest absolute Gasteiger partial charge is 0.468 e. The second kappa shape index (κ2) is 17.3. The number of rotatable bonds is 11. The van der Waals surface area contributed by atoms with Crippen LogP contribution in [0, 0.1) is 23.1 Å². The monoisotopic (exact) mass is 860 g/mol. The summed E-state index contributed by atoms with van der Waals surface area (Å²) in [5.74, 6) is 2.48. The van der Waals surface area contributed by atoms with Gasteiger partial charge in [0.05, 0.1) is 16.5 Å². The summed E-state index contributed by atoms with van der Waals surface area (Å²) in [6.07, 6.45) is 2.50. The zero-order valence-corrected chi connectivity index (χ0v) is 38.1. The Morgan fingerprint density at radius 1 is 1.00 bits per heavy atom. The number of amides is 1. The number of ether oxygens (including phenoxy) is 4. The summed E-state index contributed by atoms with van der Waals surface area (Å²) >= 11 is 0. The predicted octanol–water partition coefficient (Wildman–Crippen LogP) is 9.99. The number of hydrogen-bond acceptors (Lipinski definition) is 10. The van der Waals surface area contributed by atoms with Crippen molar-refractivity contribution in [3.8, 4) is 34.5 Å². The third kappa shape index (κ3) is 8.47. The van der Waals surface area contributed by atoms with Crippen LogP contribution in [-0.4, -0.2) is 103 Å². The molecule has 0 aliphatic carbocycles. The molecule has 0 spiro atoms. The average Bonchev–Trinajstić information content (AvgIpc) is 3.91. The summed E-state index contributed by atoms with van der Waals surface area (Å²) in [6.45, 7) is 20.3. The van der Waals surface area contributed by atoms with Crippen molar-refractivity contribution in [3.63, 3.8) is 0 Å². The van der Waals surface area contributed by atoms with E-state index in [2.05, 4.69) is 67.9 Å². The van der Waals surface area contributed by atoms with Crippen LogP contribution in [0.15, 0.2) is 30.5 Å². The highest BCUT2D eigenvalue weighted by Gasteiger charge is 2.49. The van der Waals surface area contributed by atoms with Crippen LogP contribution in [-0.2, 0) is 9.47 Å². The normalized spacial score (nSPS) is 19.7. The van der Waals surface area contributed by atoms with Crippen molar-refractivity contribution >= 4 is 41.7 Å². The van der Waals surface area contributed by atoms with Crippen molar-refractivity contribution in [3.05, 3.63) is 47.7 Å². The Kier molecular flexibility index (Phi) is 12.6. The molecule has 0 bridgehead atoms. The molecule has 3 aliphatic heterocycles. The Bertz CT molecular complexity index is 2340. The lowest BCUT2D eigenvalue weighted by molar-refractivity contribution is 0.0273. The highest BCUT2D eigenvalue weighted by Crippen LogP contribution is 2.44. The maximum absolute atomic E-state index is 17.7. The highest BCUT2D eigenvalue weighted by molar-refractivity contribution is 6.90. The van der Waals surface area contributed by atoms with E-state index in [4.69, 9.17) is 23.9 Å². The minimum atomic E-state index is -2.36. The van der Waals surface area contributed by atoms with Crippen LogP contribution in [0.25, 0.3) is 32.9 Å². The molecule has 1 amide bonds. The van der Waals surface area contributed by atoms with Crippen molar-refractivity contribution in [1.82, 2.24) is 24.9 Å². The van der Waals surface area contributed by atoms with E-state index >= 15 is 8.78 Å². The fourth-order valence-electron chi connectivity index (χ4n) is 9.99. The molecule has 11 nitrogen and oxygen atoms in total. The first-order valence-corrected chi connectivity index (χ1v) is 23.7. The van der Waals surface area contributed by atoms with E-state index in [0.717, 1.165) is 19.4 Å². The lowest BCUT2D eigenvalue weighted by Crippen LogP contribution is -2.44. The summed E-state index contributed by atoms with van der Waals surface area (Å²) in [4.78, 5) is 30.0. The molecule has 4 aromatic rings. The van der Waals surface area contributed by atoms with Crippen molar-refractivity contribution in [2.45, 2.75) is 122 Å². The average molecular weight is 861 g/mol. The number of carbonyl (C=O) groups excluding carboxylic acids is 1. The number of hydrazine groups is 1. The van der Waals surface area contributed by atoms with E-state index in [1.807, 2.05) is 0 Å². The van der Waals surface area contributed by atoms with Gasteiger partial charge in [0.2, 0.25) is 0 Å². The topological polar surface area (TPSA) is 102 Å². The van der Waals surface area contributed by atoms with E-state index in [1.165, 1.54) is 24.4 Å². The van der Waals surface area contributed by atoms with Gasteiger partial charge >= 0.3 is 12.1 Å². The Hall–Kier alpha value is -4.65. The summed E-state index contributed by atoms with van der Waals surface area (Å²) in [6, 6.07) is 6.26. The lowest BCUT2D eigenvalue weighted by atomic mass is 9.95. The quantitative estimate of drug-likeness (QED) is 0.0823. The SMILES string of the molecule is COCOc1cc(-c2nc(N3CCCN3C(=O)OC(C)(C)C)c3cnc(OC[C@@]45CCCN4C[C@H](F)C5)nc3c2F)c2c(C#C[Si](C(C)C)(C(C)C)C(C)C)c(F)ccc2c1. The fraction of sp³-hybridized carbons (Fsp3) is 0.565. The minimum Gasteiger partial charge on any atom is -0.468 e. The summed E-state index contributed by atoms with van der Waals surface area (Å²) < 4.78 is 72.0. The van der Waals surface area contributed by atoms with E-state index < -0.39 is 43.1 Å². The molecule has 2 aromatic heterocycles. The van der Waals surface area contributed by atoms with Crippen LogP contribution >= 0.6 is 0 Å². The Labute approximate surface area is 358 Å². The number of benzene rings is 2. The number of hydrogen-bond donors (Lipinski definition) is 0. The minimum absolute atomic E-state index is 0.0829. The maximum atomic E-state index is 17.7. The van der Waals surface area contributed by atoms with Crippen LogP contribution in [0.2, 0.25) is 16.6 Å². The van der Waals surface area contributed by atoms with E-state index in [1.54, 1.807) is 44.0 Å². The molecular weight excluding hydrogens is 802 g/mol. The number of fused-ring (bicyclic) bond motifs is 3. The van der Waals surface area contributed by atoms with Gasteiger partial charge in [0.25, 0.3) is 0 Å². The third-order valence-electron chi connectivity index (χ3n) is 12.7. The van der Waals surface area contributed by atoms with Gasteiger partial charge in [-0.3, -0.25) is 9.91 Å². The molecule has 3 saturated heterocycles. The van der Waals surface area contributed by atoms with E-state index in [9.17, 15) is 9.18 Å². The van der Waals surface area contributed by atoms with E-state index in [0.29, 0.717) is 49.0 Å². The van der Waals surface area contributed by atoms with Gasteiger partial charge in [0, 0.05) is 50.3 Å². The van der Waals surface area contributed by atoms with Crippen molar-refractivity contribution < 1.29 is 36.9 Å². The van der Waals surface area contributed by atoms with Gasteiger partial charge < -0.3 is 18.9 Å². The van der Waals surface area contributed by atoms with Crippen molar-refractivity contribution in [2.24, 2.45) is 0 Å². The Morgan fingerprint density at radius 2 is 1.74 bits per heavy atom. The Morgan fingerprint density at radius 3 is 2.43 bits per heavy atom. The smallest absolute Gasteiger partial charge is 0.429 e. The van der Waals surface area contributed by atoms with Crippen LogP contribution in [0.5, 0.6) is 11.8 Å². The molecular formula is C46H59F3N6O5Si. The zero-order valence-electron chi connectivity index (χ0n) is 37.1. The molecule has 7 rings (SSSR count). The third-order valence-corrected chi connectivity index (χ3v) is 19.0. The number of methoxy groups -OCH3 is 1. The number of pyridine rings is 1. The molecule has 0 N–H and O–H groups in total. The molecule has 3 aliphatic rings. The highest BCUT2D eigenvalue weighted by atomic mass is 28.3. The van der Waals surface area contributed by atoms with Crippen LogP contribution in [0.1, 0.15) is 93.6 Å². The summed E-state index contributed by atoms with van der Waals surface area (Å²) in [7, 11) is -0.867. The van der Waals surface area contributed by atoms with Crippen molar-refractivity contribution in [2.75, 3.05) is 51.7 Å². The molecule has 2 aromatic carbocycles. The van der Waals surface area contributed by atoms with Gasteiger partial charge in [-0.15, -0.1) is 5.54 Å². The molecule has 2 atom stereocenters. The molecule has 3 fully saturated rings. The molecule has 61 heavy (non-hydrogen) atoms. The standard InChI is InChI=1S/C46H59F3N6O5Si/c1-28(2)61(29(3)4,30(5)6)20-15-34-37(48)14-13-31-21-33(59-27-57-10)22-35(38(31)34)40-39(49)41-36(42(51-40)54-18-12-19-55(54)44(56)60-45(7,8)9)24-50-43(52-41)58-26-46-16-11-17-53(46)25-32(47)23-46/h13-14,21-22,24,28-30,32H,11-12,16-19,23,25-27H2,1-10H3/t32-,46+/m1/s1. The second-order valence-corrected chi connectivity index (χ2v) is 24.2. The van der Waals surface area contributed by atoms with Gasteiger partial charge in [-0.05, 0) is 86.8 Å². The van der Waals surface area contributed by atoms with Crippen molar-refractivity contribution in [1.29, 1.82) is 0 Å². The van der Waals surface area contributed by atoms with Crippen LogP contribution in [0.4, 0.5) is 23.8 Å². The first-order chi connectivity index (χ1) is 28.9. The van der Waals surface area contributed by atoms with E-state index in [-0.39, 0.29) is 69.6 Å². The van der Waals surface area contributed by atoms with Gasteiger partial charge in [-0.1, -0.05) is 53.5 Å². The molecule has 0 unspecified atom stereocenters. The Balaban J connectivity index is 1.47. The van der Waals surface area contributed by atoms with Crippen LogP contribution in [0.3, 0.4) is 0 Å². The zero-order chi connectivity index (χ0) is 44.0. The molecule has 328 valence electrons. The maximum Gasteiger partial charge on any atom is 0.429 e. The molecule has 15 heteroatoms.